The maximum absolute atomic E-state index is 12.4. The molecule has 0 spiro atoms. The Morgan fingerprint density at radius 1 is 1.23 bits per heavy atom. The van der Waals surface area contributed by atoms with Gasteiger partial charge in [0.25, 0.3) is 0 Å². The van der Waals surface area contributed by atoms with Crippen molar-refractivity contribution in [1.82, 2.24) is 9.88 Å². The molecule has 5 nitrogen and oxygen atoms in total. The SMILES string of the molecule is CCN(C)C=Nc1cc(C)c(Cc2nc(-c3ccc(Cl)cc3)c(C(=O)OC)s2)cc1C. The monoisotopic (exact) mass is 455 g/mol. The van der Waals surface area contributed by atoms with E-state index >= 15 is 0 Å². The largest absolute Gasteiger partial charge is 0.465 e. The van der Waals surface area contributed by atoms with Gasteiger partial charge in [-0.25, -0.2) is 14.8 Å². The average Bonchev–Trinajstić information content (AvgIpc) is 3.18. The molecule has 0 aliphatic rings. The molecular formula is C24H26ClN3O2S. The number of carbonyl (C=O) groups excluding carboxylic acids is 1. The van der Waals surface area contributed by atoms with Gasteiger partial charge in [0.2, 0.25) is 0 Å². The van der Waals surface area contributed by atoms with Crippen LogP contribution in [0.15, 0.2) is 41.4 Å². The van der Waals surface area contributed by atoms with Crippen molar-refractivity contribution in [3.05, 3.63) is 68.0 Å². The Hall–Kier alpha value is -2.70. The van der Waals surface area contributed by atoms with Crippen LogP contribution in [0, 0.1) is 13.8 Å². The zero-order valence-electron chi connectivity index (χ0n) is 18.4. The van der Waals surface area contributed by atoms with E-state index in [9.17, 15) is 4.79 Å². The summed E-state index contributed by atoms with van der Waals surface area (Å²) in [5.41, 5.74) is 5.82. The fourth-order valence-corrected chi connectivity index (χ4v) is 4.22. The molecule has 1 heterocycles. The third-order valence-corrected chi connectivity index (χ3v) is 6.34. The van der Waals surface area contributed by atoms with Gasteiger partial charge in [-0.1, -0.05) is 29.8 Å². The zero-order valence-corrected chi connectivity index (χ0v) is 20.0. The zero-order chi connectivity index (χ0) is 22.5. The molecule has 2 aromatic carbocycles. The normalized spacial score (nSPS) is 11.2. The first-order chi connectivity index (χ1) is 14.8. The molecule has 0 atom stereocenters. The summed E-state index contributed by atoms with van der Waals surface area (Å²) in [5, 5.41) is 1.49. The molecule has 0 saturated heterocycles. The van der Waals surface area contributed by atoms with E-state index in [0.717, 1.165) is 39.5 Å². The molecule has 162 valence electrons. The van der Waals surface area contributed by atoms with E-state index in [-0.39, 0.29) is 5.97 Å². The number of aromatic nitrogens is 1. The minimum Gasteiger partial charge on any atom is -0.465 e. The lowest BCUT2D eigenvalue weighted by molar-refractivity contribution is 0.0607. The average molecular weight is 456 g/mol. The van der Waals surface area contributed by atoms with Gasteiger partial charge in [0.1, 0.15) is 4.88 Å². The molecule has 1 aromatic heterocycles. The summed E-state index contributed by atoms with van der Waals surface area (Å²) in [7, 11) is 3.38. The van der Waals surface area contributed by atoms with Crippen LogP contribution >= 0.6 is 22.9 Å². The fraction of sp³-hybridized carbons (Fsp3) is 0.292. The summed E-state index contributed by atoms with van der Waals surface area (Å²) < 4.78 is 4.99. The van der Waals surface area contributed by atoms with Crippen LogP contribution in [0.5, 0.6) is 0 Å². The molecule has 3 rings (SSSR count). The second kappa shape index (κ2) is 10.1. The van der Waals surface area contributed by atoms with Crippen molar-refractivity contribution in [2.24, 2.45) is 4.99 Å². The van der Waals surface area contributed by atoms with Crippen LogP contribution < -0.4 is 0 Å². The number of rotatable bonds is 7. The molecule has 0 bridgehead atoms. The molecule has 0 saturated carbocycles. The summed E-state index contributed by atoms with van der Waals surface area (Å²) in [5.74, 6) is -0.383. The van der Waals surface area contributed by atoms with Gasteiger partial charge in [-0.15, -0.1) is 11.3 Å². The smallest absolute Gasteiger partial charge is 0.350 e. The predicted octanol–water partition coefficient (Wildman–Crippen LogP) is 6.07. The molecule has 0 amide bonds. The lowest BCUT2D eigenvalue weighted by atomic mass is 10.0. The Morgan fingerprint density at radius 3 is 2.58 bits per heavy atom. The second-order valence-electron chi connectivity index (χ2n) is 7.34. The molecule has 0 unspecified atom stereocenters. The van der Waals surface area contributed by atoms with Crippen LogP contribution in [0.1, 0.15) is 38.3 Å². The molecule has 7 heteroatoms. The van der Waals surface area contributed by atoms with Gasteiger partial charge >= 0.3 is 5.97 Å². The number of esters is 1. The first-order valence-electron chi connectivity index (χ1n) is 10.0. The second-order valence-corrected chi connectivity index (χ2v) is 8.86. The number of benzene rings is 2. The summed E-state index contributed by atoms with van der Waals surface area (Å²) in [6, 6.07) is 11.6. The topological polar surface area (TPSA) is 54.8 Å². The third kappa shape index (κ3) is 5.51. The van der Waals surface area contributed by atoms with Crippen LogP contribution in [0.3, 0.4) is 0 Å². The van der Waals surface area contributed by atoms with Crippen molar-refractivity contribution in [2.75, 3.05) is 20.7 Å². The molecule has 3 aromatic rings. The standard InChI is InChI=1S/C24H26ClN3O2S/c1-6-28(4)14-26-20-12-15(2)18(11-16(20)3)13-21-27-22(23(31-21)24(29)30-5)17-7-9-19(25)10-8-17/h7-12,14H,6,13H2,1-5H3. The summed E-state index contributed by atoms with van der Waals surface area (Å²) >= 11 is 7.38. The van der Waals surface area contributed by atoms with E-state index < -0.39 is 0 Å². The molecule has 0 N–H and O–H groups in total. The highest BCUT2D eigenvalue weighted by Crippen LogP contribution is 2.32. The van der Waals surface area contributed by atoms with E-state index in [4.69, 9.17) is 21.3 Å². The van der Waals surface area contributed by atoms with Crippen molar-refractivity contribution in [2.45, 2.75) is 27.2 Å². The molecule has 0 fully saturated rings. The number of methoxy groups -OCH3 is 1. The number of hydrogen-bond donors (Lipinski definition) is 0. The van der Waals surface area contributed by atoms with Crippen molar-refractivity contribution in [1.29, 1.82) is 0 Å². The van der Waals surface area contributed by atoms with Crippen LogP contribution in [0.2, 0.25) is 5.02 Å². The Bertz CT molecular complexity index is 1110. The first kappa shape index (κ1) is 23.0. The number of carbonyl (C=O) groups is 1. The number of aryl methyl sites for hydroxylation is 2. The summed E-state index contributed by atoms with van der Waals surface area (Å²) in [6.45, 7) is 7.12. The van der Waals surface area contributed by atoms with Gasteiger partial charge in [-0.3, -0.25) is 0 Å². The number of thiazole rings is 1. The third-order valence-electron chi connectivity index (χ3n) is 5.05. The number of nitrogens with zero attached hydrogens (tertiary/aromatic N) is 3. The molecule has 31 heavy (non-hydrogen) atoms. The fourth-order valence-electron chi connectivity index (χ4n) is 3.07. The molecule has 0 aliphatic heterocycles. The Kier molecular flexibility index (Phi) is 7.46. The minimum absolute atomic E-state index is 0.383. The molecule has 0 radical (unpaired) electrons. The van der Waals surface area contributed by atoms with Crippen molar-refractivity contribution in [3.63, 3.8) is 0 Å². The lowest BCUT2D eigenvalue weighted by Gasteiger charge is -2.11. The van der Waals surface area contributed by atoms with Gasteiger partial charge < -0.3 is 9.64 Å². The van der Waals surface area contributed by atoms with Gasteiger partial charge in [0.05, 0.1) is 29.8 Å². The van der Waals surface area contributed by atoms with Crippen molar-refractivity contribution < 1.29 is 9.53 Å². The van der Waals surface area contributed by atoms with Gasteiger partial charge in [0, 0.05) is 30.6 Å². The molecule has 0 aliphatic carbocycles. The summed E-state index contributed by atoms with van der Waals surface area (Å²) in [4.78, 5) is 24.3. The van der Waals surface area contributed by atoms with E-state index in [2.05, 4.69) is 37.9 Å². The van der Waals surface area contributed by atoms with E-state index in [1.807, 2.05) is 30.4 Å². The van der Waals surface area contributed by atoms with Crippen molar-refractivity contribution in [3.8, 4) is 11.3 Å². The van der Waals surface area contributed by atoms with Gasteiger partial charge in [0.15, 0.2) is 0 Å². The Balaban J connectivity index is 1.94. The Labute approximate surface area is 192 Å². The lowest BCUT2D eigenvalue weighted by Crippen LogP contribution is -2.14. The summed E-state index contributed by atoms with van der Waals surface area (Å²) in [6.07, 6.45) is 2.48. The highest BCUT2D eigenvalue weighted by Gasteiger charge is 2.20. The Morgan fingerprint density at radius 2 is 1.94 bits per heavy atom. The van der Waals surface area contributed by atoms with Crippen LogP contribution in [0.25, 0.3) is 11.3 Å². The highest BCUT2D eigenvalue weighted by molar-refractivity contribution is 7.14. The number of hydrogen-bond acceptors (Lipinski definition) is 5. The number of halogens is 1. The maximum atomic E-state index is 12.4. The number of ether oxygens (including phenoxy) is 1. The van der Waals surface area contributed by atoms with Crippen LogP contribution in [-0.2, 0) is 11.2 Å². The van der Waals surface area contributed by atoms with Crippen LogP contribution in [-0.4, -0.2) is 42.9 Å². The first-order valence-corrected chi connectivity index (χ1v) is 11.2. The van der Waals surface area contributed by atoms with Gasteiger partial charge in [-0.2, -0.15) is 0 Å². The minimum atomic E-state index is -0.383. The van der Waals surface area contributed by atoms with E-state index in [1.165, 1.54) is 18.4 Å². The maximum Gasteiger partial charge on any atom is 0.350 e. The number of aliphatic imine (C=N–C) groups is 1. The predicted molar refractivity (Wildman–Crippen MR) is 129 cm³/mol. The highest BCUT2D eigenvalue weighted by atomic mass is 35.5. The van der Waals surface area contributed by atoms with Crippen molar-refractivity contribution >= 4 is 40.9 Å². The van der Waals surface area contributed by atoms with E-state index in [0.29, 0.717) is 22.0 Å². The quantitative estimate of drug-likeness (QED) is 0.246. The van der Waals surface area contributed by atoms with Crippen LogP contribution in [0.4, 0.5) is 5.69 Å². The van der Waals surface area contributed by atoms with Gasteiger partial charge in [-0.05, 0) is 55.7 Å². The molecular weight excluding hydrogens is 430 g/mol. The van der Waals surface area contributed by atoms with E-state index in [1.54, 1.807) is 12.1 Å².